The van der Waals surface area contributed by atoms with E-state index in [2.05, 4.69) is 20.4 Å². The minimum Gasteiger partial charge on any atom is -0.453 e. The number of imidazole rings is 1. The summed E-state index contributed by atoms with van der Waals surface area (Å²) in [6, 6.07) is 12.8. The molecule has 0 saturated carbocycles. The number of alkyl carbamates (subject to hydrolysis) is 1. The highest BCUT2D eigenvalue weighted by atomic mass is 35.5. The van der Waals surface area contributed by atoms with Crippen molar-refractivity contribution in [2.45, 2.75) is 26.4 Å². The number of fused-ring (bicyclic) bond motifs is 1. The first-order valence-corrected chi connectivity index (χ1v) is 9.61. The van der Waals surface area contributed by atoms with Crippen LogP contribution < -0.4 is 10.6 Å². The standard InChI is InChI=1S/C21H23ClN4O3/c1-13(2)19(25-21(28)29-3)20(27)23-11-14-8-9-15(10-16(14)22)26-12-24-17-6-4-5-7-18(17)26/h4-10,12-13,19H,11H2,1-3H3,(H,23,27)(H,25,28)/t19-/m0/s1. The van der Waals surface area contributed by atoms with Crippen molar-refractivity contribution >= 4 is 34.6 Å². The molecule has 0 aliphatic heterocycles. The number of hydrogen-bond acceptors (Lipinski definition) is 4. The maximum Gasteiger partial charge on any atom is 0.407 e. The van der Waals surface area contributed by atoms with Crippen LogP contribution >= 0.6 is 11.6 Å². The molecule has 8 heteroatoms. The second-order valence-electron chi connectivity index (χ2n) is 6.95. The third-order valence-electron chi connectivity index (χ3n) is 4.63. The van der Waals surface area contributed by atoms with Gasteiger partial charge in [0.25, 0.3) is 0 Å². The van der Waals surface area contributed by atoms with Gasteiger partial charge in [0, 0.05) is 17.3 Å². The fourth-order valence-corrected chi connectivity index (χ4v) is 3.25. The molecule has 0 spiro atoms. The molecule has 29 heavy (non-hydrogen) atoms. The van der Waals surface area contributed by atoms with Crippen LogP contribution in [0.5, 0.6) is 0 Å². The van der Waals surface area contributed by atoms with Crippen LogP contribution in [-0.2, 0) is 16.1 Å². The van der Waals surface area contributed by atoms with Crippen molar-refractivity contribution in [3.63, 3.8) is 0 Å². The quantitative estimate of drug-likeness (QED) is 0.644. The Labute approximate surface area is 174 Å². The molecule has 0 radical (unpaired) electrons. The molecular weight excluding hydrogens is 392 g/mol. The van der Waals surface area contributed by atoms with E-state index in [1.54, 1.807) is 6.33 Å². The monoisotopic (exact) mass is 414 g/mol. The van der Waals surface area contributed by atoms with Gasteiger partial charge in [-0.05, 0) is 35.7 Å². The van der Waals surface area contributed by atoms with E-state index in [9.17, 15) is 9.59 Å². The molecule has 7 nitrogen and oxygen atoms in total. The lowest BCUT2D eigenvalue weighted by Crippen LogP contribution is -2.49. The lowest BCUT2D eigenvalue weighted by atomic mass is 10.0. The average Bonchev–Trinajstić information content (AvgIpc) is 3.14. The van der Waals surface area contributed by atoms with E-state index in [-0.39, 0.29) is 18.4 Å². The van der Waals surface area contributed by atoms with Gasteiger partial charge in [0.05, 0.1) is 18.1 Å². The largest absolute Gasteiger partial charge is 0.453 e. The number of aromatic nitrogens is 2. The second kappa shape index (κ2) is 8.96. The number of nitrogens with zero attached hydrogens (tertiary/aromatic N) is 2. The van der Waals surface area contributed by atoms with E-state index in [4.69, 9.17) is 11.6 Å². The summed E-state index contributed by atoms with van der Waals surface area (Å²) < 4.78 is 6.54. The zero-order valence-electron chi connectivity index (χ0n) is 16.5. The van der Waals surface area contributed by atoms with Crippen LogP contribution in [0.1, 0.15) is 19.4 Å². The molecule has 152 valence electrons. The van der Waals surface area contributed by atoms with Crippen LogP contribution in [0.15, 0.2) is 48.8 Å². The minimum atomic E-state index is -0.696. The molecule has 0 aliphatic carbocycles. The Hall–Kier alpha value is -3.06. The summed E-state index contributed by atoms with van der Waals surface area (Å²) in [6.07, 6.45) is 1.11. The Kier molecular flexibility index (Phi) is 6.39. The number of rotatable bonds is 6. The van der Waals surface area contributed by atoms with Crippen LogP contribution in [0.4, 0.5) is 4.79 Å². The maximum atomic E-state index is 12.5. The smallest absolute Gasteiger partial charge is 0.407 e. The van der Waals surface area contributed by atoms with Crippen molar-refractivity contribution in [3.05, 3.63) is 59.4 Å². The second-order valence-corrected chi connectivity index (χ2v) is 7.36. The van der Waals surface area contributed by atoms with Gasteiger partial charge in [-0.15, -0.1) is 0 Å². The van der Waals surface area contributed by atoms with E-state index >= 15 is 0 Å². The van der Waals surface area contributed by atoms with Crippen LogP contribution in [0.25, 0.3) is 16.7 Å². The van der Waals surface area contributed by atoms with Gasteiger partial charge in [-0.2, -0.15) is 0 Å². The van der Waals surface area contributed by atoms with Gasteiger partial charge >= 0.3 is 6.09 Å². The first-order chi connectivity index (χ1) is 13.9. The Bertz CT molecular complexity index is 1030. The molecule has 3 aromatic rings. The lowest BCUT2D eigenvalue weighted by Gasteiger charge is -2.21. The van der Waals surface area contributed by atoms with E-state index in [1.807, 2.05) is 60.9 Å². The summed E-state index contributed by atoms with van der Waals surface area (Å²) in [5.74, 6) is -0.396. The Morgan fingerprint density at radius 2 is 1.97 bits per heavy atom. The number of methoxy groups -OCH3 is 1. The van der Waals surface area contributed by atoms with Crippen molar-refractivity contribution in [2.24, 2.45) is 5.92 Å². The lowest BCUT2D eigenvalue weighted by molar-refractivity contribution is -0.124. The van der Waals surface area contributed by atoms with Gasteiger partial charge in [-0.1, -0.05) is 43.6 Å². The fourth-order valence-electron chi connectivity index (χ4n) is 3.01. The zero-order valence-corrected chi connectivity index (χ0v) is 17.2. The molecule has 2 aromatic carbocycles. The average molecular weight is 415 g/mol. The zero-order chi connectivity index (χ0) is 21.0. The Morgan fingerprint density at radius 3 is 2.66 bits per heavy atom. The summed E-state index contributed by atoms with van der Waals surface area (Å²) in [7, 11) is 1.26. The van der Waals surface area contributed by atoms with Crippen molar-refractivity contribution in [3.8, 4) is 5.69 Å². The minimum absolute atomic E-state index is 0.0959. The molecule has 0 fully saturated rings. The van der Waals surface area contributed by atoms with Crippen LogP contribution in [0.2, 0.25) is 5.02 Å². The third kappa shape index (κ3) is 4.68. The highest BCUT2D eigenvalue weighted by molar-refractivity contribution is 6.31. The number of para-hydroxylation sites is 2. The van der Waals surface area contributed by atoms with Crippen LogP contribution in [0, 0.1) is 5.92 Å². The Balaban J connectivity index is 1.72. The maximum absolute atomic E-state index is 12.5. The molecule has 1 aromatic heterocycles. The molecule has 0 unspecified atom stereocenters. The normalized spacial score (nSPS) is 12.0. The molecule has 0 aliphatic rings. The van der Waals surface area contributed by atoms with Crippen LogP contribution in [-0.4, -0.2) is 34.7 Å². The first-order valence-electron chi connectivity index (χ1n) is 9.23. The molecule has 3 rings (SSSR count). The molecule has 1 atom stereocenters. The van der Waals surface area contributed by atoms with Gasteiger partial charge in [0.15, 0.2) is 0 Å². The number of amides is 2. The van der Waals surface area contributed by atoms with E-state index in [0.29, 0.717) is 5.02 Å². The molecule has 0 saturated heterocycles. The van der Waals surface area contributed by atoms with Crippen molar-refractivity contribution in [1.29, 1.82) is 0 Å². The molecule has 0 bridgehead atoms. The number of carbonyl (C=O) groups is 2. The van der Waals surface area contributed by atoms with Gasteiger partial charge in [0.2, 0.25) is 5.91 Å². The van der Waals surface area contributed by atoms with Gasteiger partial charge in [-0.25, -0.2) is 9.78 Å². The highest BCUT2D eigenvalue weighted by Crippen LogP contribution is 2.23. The van der Waals surface area contributed by atoms with Crippen molar-refractivity contribution < 1.29 is 14.3 Å². The predicted octanol–water partition coefficient (Wildman–Crippen LogP) is 3.68. The SMILES string of the molecule is COC(=O)N[C@H](C(=O)NCc1ccc(-n2cnc3ccccc32)cc1Cl)C(C)C. The summed E-state index contributed by atoms with van der Waals surface area (Å²) in [5.41, 5.74) is 3.54. The third-order valence-corrected chi connectivity index (χ3v) is 4.98. The number of carbonyl (C=O) groups excluding carboxylic acids is 2. The predicted molar refractivity (Wildman–Crippen MR) is 112 cm³/mol. The molecular formula is C21H23ClN4O3. The Morgan fingerprint density at radius 1 is 1.21 bits per heavy atom. The number of hydrogen-bond donors (Lipinski definition) is 2. The van der Waals surface area contributed by atoms with E-state index in [0.717, 1.165) is 22.3 Å². The summed E-state index contributed by atoms with van der Waals surface area (Å²) >= 11 is 6.46. The van der Waals surface area contributed by atoms with Gasteiger partial charge in [-0.3, -0.25) is 9.36 Å². The van der Waals surface area contributed by atoms with E-state index in [1.165, 1.54) is 7.11 Å². The topological polar surface area (TPSA) is 85.2 Å². The number of halogens is 1. The van der Waals surface area contributed by atoms with Gasteiger partial charge in [0.1, 0.15) is 12.4 Å². The van der Waals surface area contributed by atoms with Gasteiger partial charge < -0.3 is 15.4 Å². The first kappa shape index (κ1) is 20.7. The number of ether oxygens (including phenoxy) is 1. The summed E-state index contributed by atoms with van der Waals surface area (Å²) in [4.78, 5) is 28.3. The molecule has 1 heterocycles. The molecule has 2 amide bonds. The van der Waals surface area contributed by atoms with E-state index < -0.39 is 12.1 Å². The summed E-state index contributed by atoms with van der Waals surface area (Å²) in [6.45, 7) is 3.93. The molecule has 2 N–H and O–H groups in total. The van der Waals surface area contributed by atoms with Crippen molar-refractivity contribution in [1.82, 2.24) is 20.2 Å². The van der Waals surface area contributed by atoms with Crippen LogP contribution in [0.3, 0.4) is 0 Å². The summed E-state index contributed by atoms with van der Waals surface area (Å²) in [5, 5.41) is 5.90. The number of nitrogens with one attached hydrogen (secondary N) is 2. The number of benzene rings is 2. The fraction of sp³-hybridized carbons (Fsp3) is 0.286. The highest BCUT2D eigenvalue weighted by Gasteiger charge is 2.24. The van der Waals surface area contributed by atoms with Crippen molar-refractivity contribution in [2.75, 3.05) is 7.11 Å².